The molecule has 1 fully saturated rings. The van der Waals surface area contributed by atoms with Gasteiger partial charge in [-0.25, -0.2) is 14.8 Å². The normalized spacial score (nSPS) is 21.9. The number of hydrogen-bond donors (Lipinski definition) is 1. The van der Waals surface area contributed by atoms with Crippen molar-refractivity contribution in [3.05, 3.63) is 78.1 Å². The summed E-state index contributed by atoms with van der Waals surface area (Å²) in [5.74, 6) is 0.498. The van der Waals surface area contributed by atoms with Crippen molar-refractivity contribution in [1.82, 2.24) is 14.9 Å². The molecule has 7 heteroatoms. The van der Waals surface area contributed by atoms with Gasteiger partial charge in [0.1, 0.15) is 0 Å². The van der Waals surface area contributed by atoms with Crippen LogP contribution in [0.1, 0.15) is 43.7 Å². The molecule has 0 atom stereocenters. The summed E-state index contributed by atoms with van der Waals surface area (Å²) in [4.78, 5) is 25.3. The van der Waals surface area contributed by atoms with Crippen LogP contribution in [0.15, 0.2) is 67.0 Å². The maximum absolute atomic E-state index is 12.5. The fourth-order valence-electron chi connectivity index (χ4n) is 5.18. The van der Waals surface area contributed by atoms with Crippen molar-refractivity contribution < 1.29 is 4.79 Å². The lowest BCUT2D eigenvalue weighted by Gasteiger charge is -2.50. The highest BCUT2D eigenvalue weighted by atomic mass is 16.2. The summed E-state index contributed by atoms with van der Waals surface area (Å²) >= 11 is 0. The molecule has 0 unspecified atom stereocenters. The van der Waals surface area contributed by atoms with E-state index in [1.165, 1.54) is 5.56 Å². The van der Waals surface area contributed by atoms with Gasteiger partial charge < -0.3 is 5.73 Å². The van der Waals surface area contributed by atoms with E-state index in [0.29, 0.717) is 23.6 Å². The van der Waals surface area contributed by atoms with E-state index in [0.717, 1.165) is 31.2 Å². The van der Waals surface area contributed by atoms with E-state index in [-0.39, 0.29) is 11.0 Å². The molecule has 1 saturated carbocycles. The monoisotopic (exact) mass is 468 g/mol. The van der Waals surface area contributed by atoms with Crippen molar-refractivity contribution in [2.24, 2.45) is 11.1 Å². The van der Waals surface area contributed by atoms with E-state index in [1.54, 1.807) is 35.5 Å². The molecular formula is C28H32N6O. The second-order valence-corrected chi connectivity index (χ2v) is 9.98. The van der Waals surface area contributed by atoms with Crippen molar-refractivity contribution in [3.8, 4) is 17.5 Å². The Morgan fingerprint density at radius 3 is 2.26 bits per heavy atom. The number of urea groups is 1. The van der Waals surface area contributed by atoms with E-state index < -0.39 is 6.03 Å². The summed E-state index contributed by atoms with van der Waals surface area (Å²) in [5, 5.41) is 9.14. The van der Waals surface area contributed by atoms with Crippen molar-refractivity contribution >= 4 is 11.7 Å². The molecule has 0 radical (unpaired) electrons. The number of amides is 2. The molecule has 35 heavy (non-hydrogen) atoms. The molecule has 0 bridgehead atoms. The van der Waals surface area contributed by atoms with Crippen LogP contribution in [0, 0.1) is 16.7 Å². The van der Waals surface area contributed by atoms with Gasteiger partial charge in [-0.15, -0.1) is 0 Å². The zero-order valence-electron chi connectivity index (χ0n) is 20.6. The molecule has 2 N–H and O–H groups in total. The number of nitrogens with two attached hydrogens (primary N) is 1. The van der Waals surface area contributed by atoms with Gasteiger partial charge in [0.2, 0.25) is 0 Å². The molecule has 0 spiro atoms. The molecule has 1 aliphatic carbocycles. The molecule has 0 saturated heterocycles. The fraction of sp³-hybridized carbons (Fsp3) is 0.357. The van der Waals surface area contributed by atoms with Gasteiger partial charge in [0.05, 0.1) is 29.7 Å². The van der Waals surface area contributed by atoms with Gasteiger partial charge in [0.15, 0.2) is 5.82 Å². The molecule has 1 aliphatic rings. The van der Waals surface area contributed by atoms with E-state index in [1.807, 2.05) is 6.07 Å². The largest absolute Gasteiger partial charge is 0.351 e. The zero-order chi connectivity index (χ0) is 25.1. The second-order valence-electron chi connectivity index (χ2n) is 9.98. The molecule has 3 aromatic rings. The third kappa shape index (κ3) is 5.03. The lowest BCUT2D eigenvalue weighted by atomic mass is 9.65. The highest BCUT2D eigenvalue weighted by molar-refractivity contribution is 5.90. The first-order valence-electron chi connectivity index (χ1n) is 11.9. The minimum Gasteiger partial charge on any atom is -0.351 e. The summed E-state index contributed by atoms with van der Waals surface area (Å²) in [6, 6.07) is 19.4. The second kappa shape index (κ2) is 9.85. The first-order chi connectivity index (χ1) is 16.8. The number of hydrogen-bond acceptors (Lipinski definition) is 5. The topological polar surface area (TPSA) is 99.1 Å². The number of nitrogens with zero attached hydrogens (tertiary/aromatic N) is 5. The highest BCUT2D eigenvalue weighted by Gasteiger charge is 2.44. The Kier molecular flexibility index (Phi) is 6.86. The zero-order valence-corrected chi connectivity index (χ0v) is 20.6. The summed E-state index contributed by atoms with van der Waals surface area (Å²) in [5.41, 5.74) is 8.93. The standard InChI is InChI=1S/C28H32N6O/c1-27(12-14-28(15-13-27,33(2)3)23-10-5-4-6-11-23)20-34(26(30)35)24-18-31-25(32-19-24)22-9-7-8-21(16-22)17-29/h4-11,16,18-19H,12-15,20H2,1-3H3,(H2,30,35)/t27-,28-. The predicted molar refractivity (Wildman–Crippen MR) is 137 cm³/mol. The highest BCUT2D eigenvalue weighted by Crippen LogP contribution is 2.48. The Morgan fingerprint density at radius 2 is 1.69 bits per heavy atom. The summed E-state index contributed by atoms with van der Waals surface area (Å²) in [7, 11) is 4.30. The molecule has 2 aromatic carbocycles. The Hall–Kier alpha value is -3.76. The van der Waals surface area contributed by atoms with Crippen molar-refractivity contribution in [2.75, 3.05) is 25.5 Å². The van der Waals surface area contributed by atoms with E-state index in [4.69, 9.17) is 11.0 Å². The molecule has 7 nitrogen and oxygen atoms in total. The first-order valence-corrected chi connectivity index (χ1v) is 11.9. The average Bonchev–Trinajstić information content (AvgIpc) is 2.88. The number of rotatable bonds is 6. The molecular weight excluding hydrogens is 436 g/mol. The van der Waals surface area contributed by atoms with Gasteiger partial charge in [-0.2, -0.15) is 5.26 Å². The number of benzene rings is 2. The van der Waals surface area contributed by atoms with Crippen LogP contribution in [-0.2, 0) is 5.54 Å². The number of aromatic nitrogens is 2. The Bertz CT molecular complexity index is 1210. The van der Waals surface area contributed by atoms with Gasteiger partial charge in [0, 0.05) is 17.6 Å². The molecule has 4 rings (SSSR count). The van der Waals surface area contributed by atoms with E-state index in [9.17, 15) is 4.79 Å². The Morgan fingerprint density at radius 1 is 1.03 bits per heavy atom. The van der Waals surface area contributed by atoms with Crippen LogP contribution in [-0.4, -0.2) is 41.5 Å². The Balaban J connectivity index is 1.52. The van der Waals surface area contributed by atoms with Gasteiger partial charge in [-0.05, 0) is 62.9 Å². The van der Waals surface area contributed by atoms with Crippen molar-refractivity contribution in [2.45, 2.75) is 38.1 Å². The van der Waals surface area contributed by atoms with Crippen LogP contribution in [0.25, 0.3) is 11.4 Å². The van der Waals surface area contributed by atoms with Crippen LogP contribution in [0.5, 0.6) is 0 Å². The number of primary amides is 1. The van der Waals surface area contributed by atoms with Crippen LogP contribution in [0.2, 0.25) is 0 Å². The fourth-order valence-corrected chi connectivity index (χ4v) is 5.18. The minimum atomic E-state index is -0.512. The summed E-state index contributed by atoms with van der Waals surface area (Å²) < 4.78 is 0. The third-order valence-electron chi connectivity index (χ3n) is 7.46. The smallest absolute Gasteiger partial charge is 0.319 e. The minimum absolute atomic E-state index is 0.0129. The molecule has 2 amide bonds. The SMILES string of the molecule is CN(C)[C@]1(c2ccccc2)CC[C@@](C)(CN(C(N)=O)c2cnc(-c3cccc(C#N)c3)nc2)CC1. The lowest BCUT2D eigenvalue weighted by molar-refractivity contribution is 0.0459. The van der Waals surface area contributed by atoms with Crippen LogP contribution < -0.4 is 10.6 Å². The van der Waals surface area contributed by atoms with Crippen LogP contribution in [0.3, 0.4) is 0 Å². The number of carbonyl (C=O) groups excluding carboxylic acids is 1. The van der Waals surface area contributed by atoms with Crippen molar-refractivity contribution in [3.63, 3.8) is 0 Å². The number of carbonyl (C=O) groups is 1. The summed E-state index contributed by atoms with van der Waals surface area (Å²) in [6.07, 6.45) is 7.18. The predicted octanol–water partition coefficient (Wildman–Crippen LogP) is 4.94. The van der Waals surface area contributed by atoms with Crippen LogP contribution >= 0.6 is 0 Å². The van der Waals surface area contributed by atoms with E-state index in [2.05, 4.69) is 72.3 Å². The first kappa shape index (κ1) is 24.4. The maximum atomic E-state index is 12.5. The molecule has 1 aromatic heterocycles. The van der Waals surface area contributed by atoms with Gasteiger partial charge >= 0.3 is 6.03 Å². The molecule has 1 heterocycles. The average molecular weight is 469 g/mol. The van der Waals surface area contributed by atoms with E-state index >= 15 is 0 Å². The third-order valence-corrected chi connectivity index (χ3v) is 7.46. The van der Waals surface area contributed by atoms with Gasteiger partial charge in [-0.3, -0.25) is 9.80 Å². The number of nitriles is 1. The summed E-state index contributed by atoms with van der Waals surface area (Å²) in [6.45, 7) is 2.74. The quantitative estimate of drug-likeness (QED) is 0.552. The van der Waals surface area contributed by atoms with Gasteiger partial charge in [0.25, 0.3) is 0 Å². The maximum Gasteiger partial charge on any atom is 0.319 e. The molecule has 180 valence electrons. The van der Waals surface area contributed by atoms with Gasteiger partial charge in [-0.1, -0.05) is 49.4 Å². The van der Waals surface area contributed by atoms with Crippen molar-refractivity contribution in [1.29, 1.82) is 5.26 Å². The lowest BCUT2D eigenvalue weighted by Crippen LogP contribution is -2.50. The molecule has 0 aliphatic heterocycles. The Labute approximate surface area is 207 Å². The van der Waals surface area contributed by atoms with Crippen LogP contribution in [0.4, 0.5) is 10.5 Å². The number of anilines is 1.